The molecule has 0 atom stereocenters. The van der Waals surface area contributed by atoms with E-state index >= 15 is 0 Å². The van der Waals surface area contributed by atoms with E-state index in [9.17, 15) is 0 Å². The first kappa shape index (κ1) is 15.0. The van der Waals surface area contributed by atoms with Crippen molar-refractivity contribution in [3.63, 3.8) is 0 Å². The molecular weight excluding hydrogens is 281 g/mol. The van der Waals surface area contributed by atoms with Gasteiger partial charge in [0.25, 0.3) is 0 Å². The third kappa shape index (κ3) is 4.87. The minimum absolute atomic E-state index is 0.577. The molecule has 2 rings (SSSR count). The zero-order chi connectivity index (χ0) is 13.5. The van der Waals surface area contributed by atoms with Crippen LogP contribution in [0, 0.1) is 0 Å². The molecule has 1 N–H and O–H groups in total. The zero-order valence-electron chi connectivity index (χ0n) is 11.1. The molecule has 0 bridgehead atoms. The molecule has 0 amide bonds. The molecule has 1 fully saturated rings. The van der Waals surface area contributed by atoms with E-state index in [4.69, 9.17) is 27.9 Å². The van der Waals surface area contributed by atoms with Gasteiger partial charge in [-0.15, -0.1) is 0 Å². The van der Waals surface area contributed by atoms with Gasteiger partial charge in [-0.25, -0.2) is 0 Å². The number of hydrogen-bond donors (Lipinski definition) is 1. The molecule has 4 heteroatoms. The molecule has 1 saturated carbocycles. The van der Waals surface area contributed by atoms with Crippen LogP contribution in [0.2, 0.25) is 10.0 Å². The summed E-state index contributed by atoms with van der Waals surface area (Å²) in [5, 5.41) is 4.74. The Labute approximate surface area is 125 Å². The summed E-state index contributed by atoms with van der Waals surface area (Å²) in [7, 11) is 0. The second-order valence-electron chi connectivity index (χ2n) is 5.04. The van der Waals surface area contributed by atoms with Crippen molar-refractivity contribution in [2.24, 2.45) is 0 Å². The largest absolute Gasteiger partial charge is 0.490 e. The van der Waals surface area contributed by atoms with Gasteiger partial charge in [-0.3, -0.25) is 0 Å². The number of benzene rings is 1. The van der Waals surface area contributed by atoms with E-state index in [1.54, 1.807) is 12.1 Å². The highest BCUT2D eigenvalue weighted by Crippen LogP contribution is 2.32. The van der Waals surface area contributed by atoms with Crippen molar-refractivity contribution in [2.75, 3.05) is 13.2 Å². The molecule has 0 radical (unpaired) electrons. The Hall–Kier alpha value is -0.440. The van der Waals surface area contributed by atoms with Gasteiger partial charge < -0.3 is 10.1 Å². The molecule has 1 aliphatic rings. The van der Waals surface area contributed by atoms with Crippen molar-refractivity contribution in [1.29, 1.82) is 0 Å². The van der Waals surface area contributed by atoms with Crippen molar-refractivity contribution in [1.82, 2.24) is 5.32 Å². The molecule has 1 aromatic carbocycles. The maximum atomic E-state index is 6.04. The molecule has 19 heavy (non-hydrogen) atoms. The molecule has 0 unspecified atom stereocenters. The second-order valence-corrected chi connectivity index (χ2v) is 5.86. The highest BCUT2D eigenvalue weighted by atomic mass is 35.5. The number of ether oxygens (including phenoxy) is 1. The number of hydrogen-bond acceptors (Lipinski definition) is 2. The summed E-state index contributed by atoms with van der Waals surface area (Å²) in [5.41, 5.74) is 0. The van der Waals surface area contributed by atoms with E-state index in [-0.39, 0.29) is 0 Å². The topological polar surface area (TPSA) is 21.3 Å². The van der Waals surface area contributed by atoms with E-state index in [1.165, 1.54) is 32.1 Å². The molecule has 0 spiro atoms. The van der Waals surface area contributed by atoms with Gasteiger partial charge in [-0.05, 0) is 37.9 Å². The normalized spacial score (nSPS) is 16.5. The van der Waals surface area contributed by atoms with E-state index in [1.807, 2.05) is 6.07 Å². The van der Waals surface area contributed by atoms with Gasteiger partial charge in [0.1, 0.15) is 0 Å². The molecular formula is C15H21Cl2NO. The molecule has 0 aliphatic heterocycles. The monoisotopic (exact) mass is 301 g/mol. The fraction of sp³-hybridized carbons (Fsp3) is 0.600. The van der Waals surface area contributed by atoms with Gasteiger partial charge in [0.15, 0.2) is 5.75 Å². The van der Waals surface area contributed by atoms with Gasteiger partial charge in [0, 0.05) is 6.04 Å². The second kappa shape index (κ2) is 7.98. The molecule has 106 valence electrons. The van der Waals surface area contributed by atoms with Crippen LogP contribution in [-0.4, -0.2) is 19.2 Å². The summed E-state index contributed by atoms with van der Waals surface area (Å²) in [6.45, 7) is 1.63. The van der Waals surface area contributed by atoms with Crippen LogP contribution in [-0.2, 0) is 0 Å². The van der Waals surface area contributed by atoms with Crippen LogP contribution in [0.1, 0.15) is 38.5 Å². The highest BCUT2D eigenvalue weighted by molar-refractivity contribution is 6.37. The number of nitrogens with one attached hydrogen (secondary N) is 1. The Balaban J connectivity index is 1.63. The van der Waals surface area contributed by atoms with Gasteiger partial charge >= 0.3 is 0 Å². The maximum absolute atomic E-state index is 6.04. The lowest BCUT2D eigenvalue weighted by atomic mass is 9.95. The summed E-state index contributed by atoms with van der Waals surface area (Å²) >= 11 is 12.1. The van der Waals surface area contributed by atoms with Crippen molar-refractivity contribution >= 4 is 23.2 Å². The van der Waals surface area contributed by atoms with Crippen LogP contribution >= 0.6 is 23.2 Å². The molecule has 0 aromatic heterocycles. The van der Waals surface area contributed by atoms with E-state index in [0.29, 0.717) is 28.4 Å². The first-order chi connectivity index (χ1) is 9.27. The van der Waals surface area contributed by atoms with Crippen LogP contribution in [0.4, 0.5) is 0 Å². The quantitative estimate of drug-likeness (QED) is 0.770. The van der Waals surface area contributed by atoms with E-state index in [2.05, 4.69) is 5.32 Å². The van der Waals surface area contributed by atoms with E-state index < -0.39 is 0 Å². The lowest BCUT2D eigenvalue weighted by Crippen LogP contribution is -2.32. The number of para-hydroxylation sites is 1. The minimum Gasteiger partial charge on any atom is -0.490 e. The summed E-state index contributed by atoms with van der Waals surface area (Å²) < 4.78 is 5.65. The van der Waals surface area contributed by atoms with Gasteiger partial charge in [-0.1, -0.05) is 48.5 Å². The average molecular weight is 302 g/mol. The van der Waals surface area contributed by atoms with Gasteiger partial charge in [0.2, 0.25) is 0 Å². The number of halogens is 2. The Morgan fingerprint density at radius 2 is 1.79 bits per heavy atom. The maximum Gasteiger partial charge on any atom is 0.156 e. The van der Waals surface area contributed by atoms with Crippen molar-refractivity contribution in [3.8, 4) is 5.75 Å². The predicted molar refractivity (Wildman–Crippen MR) is 81.4 cm³/mol. The lowest BCUT2D eigenvalue weighted by molar-refractivity contribution is 0.297. The summed E-state index contributed by atoms with van der Waals surface area (Å²) in [6.07, 6.45) is 7.73. The fourth-order valence-corrected chi connectivity index (χ4v) is 2.99. The predicted octanol–water partition coefficient (Wildman–Crippen LogP) is 4.68. The Morgan fingerprint density at radius 1 is 1.11 bits per heavy atom. The van der Waals surface area contributed by atoms with Crippen LogP contribution in [0.25, 0.3) is 0 Å². The van der Waals surface area contributed by atoms with Crippen LogP contribution in [0.5, 0.6) is 5.75 Å². The summed E-state index contributed by atoms with van der Waals surface area (Å²) in [6, 6.07) is 6.12. The van der Waals surface area contributed by atoms with Crippen LogP contribution < -0.4 is 10.1 Å². The molecule has 2 nitrogen and oxygen atoms in total. The van der Waals surface area contributed by atoms with Gasteiger partial charge in [-0.2, -0.15) is 0 Å². The first-order valence-corrected chi connectivity index (χ1v) is 7.83. The highest BCUT2D eigenvalue weighted by Gasteiger charge is 2.12. The standard InChI is InChI=1S/C15H21Cl2NO/c16-13-8-4-9-14(17)15(13)19-11-5-10-18-12-6-2-1-3-7-12/h4,8-9,12,18H,1-3,5-7,10-11H2. The summed E-state index contributed by atoms with van der Waals surface area (Å²) in [4.78, 5) is 0. The first-order valence-electron chi connectivity index (χ1n) is 7.07. The summed E-state index contributed by atoms with van der Waals surface area (Å²) in [5.74, 6) is 0.600. The van der Waals surface area contributed by atoms with Crippen LogP contribution in [0.15, 0.2) is 18.2 Å². The average Bonchev–Trinajstić information content (AvgIpc) is 2.42. The fourth-order valence-electron chi connectivity index (χ4n) is 2.48. The molecule has 0 heterocycles. The van der Waals surface area contributed by atoms with Crippen molar-refractivity contribution in [2.45, 2.75) is 44.6 Å². The number of rotatable bonds is 6. The molecule has 1 aliphatic carbocycles. The minimum atomic E-state index is 0.577. The third-order valence-corrected chi connectivity index (χ3v) is 4.12. The lowest BCUT2D eigenvalue weighted by Gasteiger charge is -2.22. The van der Waals surface area contributed by atoms with Crippen LogP contribution in [0.3, 0.4) is 0 Å². The van der Waals surface area contributed by atoms with Crippen molar-refractivity contribution < 1.29 is 4.74 Å². The van der Waals surface area contributed by atoms with Crippen molar-refractivity contribution in [3.05, 3.63) is 28.2 Å². The smallest absolute Gasteiger partial charge is 0.156 e. The molecule has 0 saturated heterocycles. The Bertz CT molecular complexity index is 371. The third-order valence-electron chi connectivity index (χ3n) is 3.52. The molecule has 1 aromatic rings. The Kier molecular flexibility index (Phi) is 6.29. The van der Waals surface area contributed by atoms with E-state index in [0.717, 1.165) is 13.0 Å². The van der Waals surface area contributed by atoms with Gasteiger partial charge in [0.05, 0.1) is 16.7 Å². The zero-order valence-corrected chi connectivity index (χ0v) is 12.6. The Morgan fingerprint density at radius 3 is 2.47 bits per heavy atom. The SMILES string of the molecule is Clc1cccc(Cl)c1OCCCNC1CCCCC1.